The van der Waals surface area contributed by atoms with Crippen molar-refractivity contribution in [3.8, 4) is 0 Å². The molecular weight excluding hydrogens is 242 g/mol. The molecule has 5 heteroatoms. The van der Waals surface area contributed by atoms with E-state index in [0.717, 1.165) is 17.4 Å². The highest BCUT2D eigenvalue weighted by molar-refractivity contribution is 5.09. The van der Waals surface area contributed by atoms with E-state index in [9.17, 15) is 0 Å². The van der Waals surface area contributed by atoms with Crippen LogP contribution < -0.4 is 5.32 Å². The Morgan fingerprint density at radius 1 is 1.32 bits per heavy atom. The number of nitrogens with one attached hydrogen (secondary N) is 1. The van der Waals surface area contributed by atoms with Crippen molar-refractivity contribution in [3.63, 3.8) is 0 Å². The third kappa shape index (κ3) is 2.71. The standard InChI is InChI=1S/C14H19N3O2/c1-9-6-7-12(18-9)10(2)15-8-13-16-17-14(19-13)11-4-3-5-11/h6-7,10-11,15H,3-5,8H2,1-2H3/t10-/m1/s1. The van der Waals surface area contributed by atoms with Crippen molar-refractivity contribution in [3.05, 3.63) is 35.4 Å². The monoisotopic (exact) mass is 261 g/mol. The van der Waals surface area contributed by atoms with Crippen LogP contribution in [-0.4, -0.2) is 10.2 Å². The van der Waals surface area contributed by atoms with E-state index in [1.54, 1.807) is 0 Å². The van der Waals surface area contributed by atoms with E-state index in [1.165, 1.54) is 19.3 Å². The van der Waals surface area contributed by atoms with Crippen LogP contribution in [0, 0.1) is 6.92 Å². The van der Waals surface area contributed by atoms with Gasteiger partial charge in [-0.1, -0.05) is 6.42 Å². The highest BCUT2D eigenvalue weighted by atomic mass is 16.4. The molecule has 1 aliphatic carbocycles. The molecule has 3 rings (SSSR count). The van der Waals surface area contributed by atoms with Gasteiger partial charge in [0.25, 0.3) is 0 Å². The minimum atomic E-state index is 0.132. The SMILES string of the molecule is Cc1ccc([C@@H](C)NCc2nnc(C3CCC3)o2)o1. The first-order chi connectivity index (χ1) is 9.22. The van der Waals surface area contributed by atoms with E-state index in [0.29, 0.717) is 18.4 Å². The maximum atomic E-state index is 5.66. The van der Waals surface area contributed by atoms with Crippen molar-refractivity contribution in [2.45, 2.75) is 51.6 Å². The fourth-order valence-electron chi connectivity index (χ4n) is 2.19. The molecular formula is C14H19N3O2. The second kappa shape index (κ2) is 5.17. The van der Waals surface area contributed by atoms with E-state index in [1.807, 2.05) is 19.1 Å². The van der Waals surface area contributed by atoms with Crippen LogP contribution in [-0.2, 0) is 6.54 Å². The van der Waals surface area contributed by atoms with Gasteiger partial charge in [-0.15, -0.1) is 10.2 Å². The predicted molar refractivity (Wildman–Crippen MR) is 69.6 cm³/mol. The third-order valence-corrected chi connectivity index (χ3v) is 3.68. The Morgan fingerprint density at radius 2 is 2.16 bits per heavy atom. The van der Waals surface area contributed by atoms with Crippen LogP contribution in [0.4, 0.5) is 0 Å². The first kappa shape index (κ1) is 12.4. The van der Waals surface area contributed by atoms with Gasteiger partial charge in [-0.3, -0.25) is 5.32 Å². The molecule has 1 saturated carbocycles. The molecule has 1 atom stereocenters. The maximum absolute atomic E-state index is 5.66. The summed E-state index contributed by atoms with van der Waals surface area (Å²) >= 11 is 0. The summed E-state index contributed by atoms with van der Waals surface area (Å²) in [6.07, 6.45) is 3.63. The Labute approximate surface area is 112 Å². The number of aromatic nitrogens is 2. The smallest absolute Gasteiger partial charge is 0.230 e. The van der Waals surface area contributed by atoms with E-state index in [2.05, 4.69) is 22.4 Å². The lowest BCUT2D eigenvalue weighted by Crippen LogP contribution is -2.17. The van der Waals surface area contributed by atoms with E-state index in [4.69, 9.17) is 8.83 Å². The maximum Gasteiger partial charge on any atom is 0.230 e. The Kier molecular flexibility index (Phi) is 3.38. The fraction of sp³-hybridized carbons (Fsp3) is 0.571. The number of hydrogen-bond acceptors (Lipinski definition) is 5. The highest BCUT2D eigenvalue weighted by Crippen LogP contribution is 2.35. The molecule has 0 unspecified atom stereocenters. The molecule has 0 aromatic carbocycles. The van der Waals surface area contributed by atoms with Crippen molar-refractivity contribution in [1.29, 1.82) is 0 Å². The molecule has 102 valence electrons. The van der Waals surface area contributed by atoms with Gasteiger partial charge in [-0.2, -0.15) is 0 Å². The largest absolute Gasteiger partial charge is 0.465 e. The number of furan rings is 1. The zero-order chi connectivity index (χ0) is 13.2. The summed E-state index contributed by atoms with van der Waals surface area (Å²) in [6.45, 7) is 4.57. The number of rotatable bonds is 5. The van der Waals surface area contributed by atoms with E-state index >= 15 is 0 Å². The van der Waals surface area contributed by atoms with Crippen LogP contribution in [0.25, 0.3) is 0 Å². The summed E-state index contributed by atoms with van der Waals surface area (Å²) in [4.78, 5) is 0. The molecule has 1 aliphatic rings. The Bertz CT molecular complexity index is 542. The van der Waals surface area contributed by atoms with Crippen molar-refractivity contribution >= 4 is 0 Å². The number of nitrogens with zero attached hydrogens (tertiary/aromatic N) is 2. The van der Waals surface area contributed by atoms with Crippen LogP contribution in [0.15, 0.2) is 21.0 Å². The minimum Gasteiger partial charge on any atom is -0.465 e. The zero-order valence-corrected chi connectivity index (χ0v) is 11.3. The van der Waals surface area contributed by atoms with Gasteiger partial charge >= 0.3 is 0 Å². The highest BCUT2D eigenvalue weighted by Gasteiger charge is 2.25. The molecule has 2 heterocycles. The Hall–Kier alpha value is -1.62. The third-order valence-electron chi connectivity index (χ3n) is 3.68. The predicted octanol–water partition coefficient (Wildman–Crippen LogP) is 3.09. The van der Waals surface area contributed by atoms with Crippen LogP contribution in [0.1, 0.15) is 61.4 Å². The van der Waals surface area contributed by atoms with Gasteiger partial charge in [0.15, 0.2) is 0 Å². The van der Waals surface area contributed by atoms with Crippen molar-refractivity contribution in [1.82, 2.24) is 15.5 Å². The van der Waals surface area contributed by atoms with Crippen LogP contribution in [0.5, 0.6) is 0 Å². The van der Waals surface area contributed by atoms with Gasteiger partial charge in [0.05, 0.1) is 12.6 Å². The molecule has 1 N–H and O–H groups in total. The number of aryl methyl sites for hydroxylation is 1. The molecule has 1 fully saturated rings. The van der Waals surface area contributed by atoms with Gasteiger partial charge in [0.2, 0.25) is 11.8 Å². The van der Waals surface area contributed by atoms with Crippen molar-refractivity contribution < 1.29 is 8.83 Å². The number of hydrogen-bond donors (Lipinski definition) is 1. The van der Waals surface area contributed by atoms with Crippen molar-refractivity contribution in [2.75, 3.05) is 0 Å². The molecule has 19 heavy (non-hydrogen) atoms. The average molecular weight is 261 g/mol. The average Bonchev–Trinajstić information content (AvgIpc) is 2.93. The first-order valence-corrected chi connectivity index (χ1v) is 6.84. The first-order valence-electron chi connectivity index (χ1n) is 6.84. The van der Waals surface area contributed by atoms with Gasteiger partial charge < -0.3 is 8.83 Å². The lowest BCUT2D eigenvalue weighted by molar-refractivity contribution is 0.317. The molecule has 0 aliphatic heterocycles. The van der Waals surface area contributed by atoms with Crippen LogP contribution >= 0.6 is 0 Å². The zero-order valence-electron chi connectivity index (χ0n) is 11.3. The van der Waals surface area contributed by atoms with Crippen molar-refractivity contribution in [2.24, 2.45) is 0 Å². The molecule has 2 aromatic heterocycles. The molecule has 0 amide bonds. The van der Waals surface area contributed by atoms with E-state index in [-0.39, 0.29) is 6.04 Å². The van der Waals surface area contributed by atoms with Gasteiger partial charge in [-0.25, -0.2) is 0 Å². The van der Waals surface area contributed by atoms with E-state index < -0.39 is 0 Å². The summed E-state index contributed by atoms with van der Waals surface area (Å²) < 4.78 is 11.2. The molecule has 0 radical (unpaired) electrons. The van der Waals surface area contributed by atoms with Gasteiger partial charge in [0, 0.05) is 5.92 Å². The van der Waals surface area contributed by atoms with Gasteiger partial charge in [-0.05, 0) is 38.8 Å². The van der Waals surface area contributed by atoms with Gasteiger partial charge in [0.1, 0.15) is 11.5 Å². The normalized spacial score (nSPS) is 17.4. The summed E-state index contributed by atoms with van der Waals surface area (Å²) in [5.41, 5.74) is 0. The van der Waals surface area contributed by atoms with Crippen LogP contribution in [0.2, 0.25) is 0 Å². The summed E-state index contributed by atoms with van der Waals surface area (Å²) in [5, 5.41) is 11.5. The molecule has 0 spiro atoms. The summed E-state index contributed by atoms with van der Waals surface area (Å²) in [6, 6.07) is 4.09. The second-order valence-electron chi connectivity index (χ2n) is 5.21. The summed E-state index contributed by atoms with van der Waals surface area (Å²) in [7, 11) is 0. The molecule has 0 saturated heterocycles. The second-order valence-corrected chi connectivity index (χ2v) is 5.21. The lowest BCUT2D eigenvalue weighted by Gasteiger charge is -2.20. The van der Waals surface area contributed by atoms with Crippen LogP contribution in [0.3, 0.4) is 0 Å². The molecule has 2 aromatic rings. The fourth-order valence-corrected chi connectivity index (χ4v) is 2.19. The minimum absolute atomic E-state index is 0.132. The quantitative estimate of drug-likeness (QED) is 0.896. The molecule has 5 nitrogen and oxygen atoms in total. The molecule has 0 bridgehead atoms. The topological polar surface area (TPSA) is 64.1 Å². The summed E-state index contributed by atoms with van der Waals surface area (Å²) in [5.74, 6) is 3.79. The Balaban J connectivity index is 1.55. The Morgan fingerprint density at radius 3 is 2.79 bits per heavy atom. The lowest BCUT2D eigenvalue weighted by atomic mass is 9.85.